The normalized spacial score (nSPS) is 12.0. The highest BCUT2D eigenvalue weighted by molar-refractivity contribution is 8.01. The second-order valence-electron chi connectivity index (χ2n) is 6.74. The first-order chi connectivity index (χ1) is 11.5. The molecule has 0 aromatic heterocycles. The molecule has 0 aliphatic heterocycles. The van der Waals surface area contributed by atoms with Gasteiger partial charge in [-0.3, -0.25) is 20.2 Å². The predicted molar refractivity (Wildman–Crippen MR) is 99.8 cm³/mol. The number of rotatable bonds is 6. The summed E-state index contributed by atoms with van der Waals surface area (Å²) in [6.45, 7) is 7.98. The van der Waals surface area contributed by atoms with Crippen LogP contribution < -0.4 is 0 Å². The molecule has 0 aliphatic carbocycles. The molecule has 0 spiro atoms. The van der Waals surface area contributed by atoms with Crippen molar-refractivity contribution in [1.29, 1.82) is 0 Å². The van der Waals surface area contributed by atoms with E-state index in [1.807, 2.05) is 39.8 Å². The van der Waals surface area contributed by atoms with Crippen molar-refractivity contribution in [2.45, 2.75) is 37.2 Å². The van der Waals surface area contributed by atoms with Crippen LogP contribution >= 0.6 is 11.8 Å². The van der Waals surface area contributed by atoms with E-state index in [-0.39, 0.29) is 11.4 Å². The molecule has 0 atom stereocenters. The Kier molecular flexibility index (Phi) is 5.17. The number of hydrogen-bond acceptors (Lipinski definition) is 5. The molecule has 25 heavy (non-hydrogen) atoms. The second-order valence-corrected chi connectivity index (χ2v) is 8.98. The van der Waals surface area contributed by atoms with E-state index in [4.69, 9.17) is 0 Å². The van der Waals surface area contributed by atoms with Crippen LogP contribution in [0.1, 0.15) is 38.8 Å². The quantitative estimate of drug-likeness (QED) is 0.508. The van der Waals surface area contributed by atoms with Crippen LogP contribution in [0.15, 0.2) is 48.5 Å². The van der Waals surface area contributed by atoms with Gasteiger partial charge >= 0.3 is 0 Å². The lowest BCUT2D eigenvalue weighted by Gasteiger charge is -2.35. The Morgan fingerprint density at radius 1 is 0.760 bits per heavy atom. The Morgan fingerprint density at radius 2 is 1.12 bits per heavy atom. The van der Waals surface area contributed by atoms with Crippen molar-refractivity contribution in [1.82, 2.24) is 0 Å². The maximum absolute atomic E-state index is 11.0. The summed E-state index contributed by atoms with van der Waals surface area (Å²) >= 11 is 1.61. The van der Waals surface area contributed by atoms with Crippen molar-refractivity contribution in [2.75, 3.05) is 0 Å². The second kappa shape index (κ2) is 6.84. The minimum absolute atomic E-state index is 0.0549. The van der Waals surface area contributed by atoms with E-state index >= 15 is 0 Å². The van der Waals surface area contributed by atoms with Crippen molar-refractivity contribution >= 4 is 23.1 Å². The number of nitro benzene ring substituents is 2. The standard InChI is InChI=1S/C18H20N2O4S/c1-17(2,13-7-5-9-15(11-13)19(21)22)25-18(3,4)14-8-6-10-16(12-14)20(23)24/h5-12H,1-4H3. The largest absolute Gasteiger partial charge is 0.269 e. The molecule has 0 amide bonds. The molecule has 2 aromatic rings. The van der Waals surface area contributed by atoms with E-state index in [2.05, 4.69) is 0 Å². The summed E-state index contributed by atoms with van der Waals surface area (Å²) in [4.78, 5) is 21.2. The summed E-state index contributed by atoms with van der Waals surface area (Å²) in [7, 11) is 0. The summed E-state index contributed by atoms with van der Waals surface area (Å²) in [6, 6.07) is 13.2. The van der Waals surface area contributed by atoms with E-state index < -0.39 is 19.3 Å². The summed E-state index contributed by atoms with van der Waals surface area (Å²) < 4.78 is -0.833. The van der Waals surface area contributed by atoms with E-state index in [0.29, 0.717) is 0 Å². The average Bonchev–Trinajstić information content (AvgIpc) is 2.54. The van der Waals surface area contributed by atoms with E-state index in [1.165, 1.54) is 12.1 Å². The highest BCUT2D eigenvalue weighted by Gasteiger charge is 2.33. The molecule has 2 aromatic carbocycles. The van der Waals surface area contributed by atoms with Crippen LogP contribution in [0.25, 0.3) is 0 Å². The predicted octanol–water partition coefficient (Wildman–Crippen LogP) is 5.41. The molecular formula is C18H20N2O4S. The highest BCUT2D eigenvalue weighted by Crippen LogP contribution is 2.49. The molecule has 0 aliphatic rings. The van der Waals surface area contributed by atoms with Crippen LogP contribution in [0, 0.1) is 20.2 Å². The Balaban J connectivity index is 2.35. The smallest absolute Gasteiger partial charge is 0.258 e. The Bertz CT molecular complexity index is 751. The van der Waals surface area contributed by atoms with E-state index in [0.717, 1.165) is 11.1 Å². The molecule has 0 unspecified atom stereocenters. The number of non-ortho nitro benzene ring substituents is 2. The minimum Gasteiger partial charge on any atom is -0.258 e. The molecule has 0 N–H and O–H groups in total. The summed E-state index contributed by atoms with van der Waals surface area (Å²) in [5.74, 6) is 0. The SMILES string of the molecule is CC(C)(SC(C)(C)c1cccc([N+](=O)[O-])c1)c1cccc([N+](=O)[O-])c1. The first-order valence-electron chi connectivity index (χ1n) is 7.73. The van der Waals surface area contributed by atoms with Gasteiger partial charge in [0.15, 0.2) is 0 Å². The van der Waals surface area contributed by atoms with Gasteiger partial charge in [0.25, 0.3) is 11.4 Å². The molecule has 0 saturated carbocycles. The molecule has 132 valence electrons. The van der Waals surface area contributed by atoms with E-state index in [1.54, 1.807) is 36.0 Å². The molecule has 2 rings (SSSR count). The number of hydrogen-bond donors (Lipinski definition) is 0. The lowest BCUT2D eigenvalue weighted by atomic mass is 10.0. The fraction of sp³-hybridized carbons (Fsp3) is 0.333. The van der Waals surface area contributed by atoms with Gasteiger partial charge in [-0.15, -0.1) is 11.8 Å². The fourth-order valence-electron chi connectivity index (χ4n) is 2.74. The van der Waals surface area contributed by atoms with Crippen LogP contribution in [-0.2, 0) is 9.49 Å². The molecule has 0 heterocycles. The van der Waals surface area contributed by atoms with Crippen LogP contribution in [0.5, 0.6) is 0 Å². The molecule has 0 radical (unpaired) electrons. The zero-order valence-electron chi connectivity index (χ0n) is 14.6. The van der Waals surface area contributed by atoms with Gasteiger partial charge in [-0.05, 0) is 38.8 Å². The molecular weight excluding hydrogens is 340 g/mol. The van der Waals surface area contributed by atoms with Gasteiger partial charge in [0.05, 0.1) is 9.85 Å². The van der Waals surface area contributed by atoms with Crippen LogP contribution in [-0.4, -0.2) is 9.85 Å². The third-order valence-electron chi connectivity index (χ3n) is 4.01. The van der Waals surface area contributed by atoms with Gasteiger partial charge in [0.2, 0.25) is 0 Å². The average molecular weight is 360 g/mol. The Morgan fingerprint density at radius 3 is 1.44 bits per heavy atom. The molecule has 6 nitrogen and oxygen atoms in total. The Hall–Kier alpha value is -2.41. The molecule has 0 fully saturated rings. The third kappa shape index (κ3) is 4.36. The van der Waals surface area contributed by atoms with Crippen molar-refractivity contribution < 1.29 is 9.85 Å². The van der Waals surface area contributed by atoms with Crippen molar-refractivity contribution in [3.63, 3.8) is 0 Å². The zero-order valence-corrected chi connectivity index (χ0v) is 15.4. The summed E-state index contributed by atoms with van der Waals surface area (Å²) in [5.41, 5.74) is 1.79. The van der Waals surface area contributed by atoms with Gasteiger partial charge in [0, 0.05) is 33.8 Å². The maximum Gasteiger partial charge on any atom is 0.269 e. The number of benzene rings is 2. The van der Waals surface area contributed by atoms with Crippen LogP contribution in [0.3, 0.4) is 0 Å². The monoisotopic (exact) mass is 360 g/mol. The zero-order chi connectivity index (χ0) is 18.8. The lowest BCUT2D eigenvalue weighted by molar-refractivity contribution is -0.385. The Labute approximate surface area is 150 Å². The van der Waals surface area contributed by atoms with Crippen LogP contribution in [0.4, 0.5) is 11.4 Å². The molecule has 0 saturated heterocycles. The van der Waals surface area contributed by atoms with Gasteiger partial charge in [-0.2, -0.15) is 0 Å². The maximum atomic E-state index is 11.0. The van der Waals surface area contributed by atoms with Crippen LogP contribution in [0.2, 0.25) is 0 Å². The van der Waals surface area contributed by atoms with Gasteiger partial charge < -0.3 is 0 Å². The fourth-order valence-corrected chi connectivity index (χ4v) is 4.51. The number of nitro groups is 2. The third-order valence-corrected chi connectivity index (χ3v) is 5.51. The van der Waals surface area contributed by atoms with Crippen molar-refractivity contribution in [2.24, 2.45) is 0 Å². The number of nitrogens with zero attached hydrogens (tertiary/aromatic N) is 2. The summed E-state index contributed by atoms with van der Waals surface area (Å²) in [6.07, 6.45) is 0. The molecule has 0 bridgehead atoms. The van der Waals surface area contributed by atoms with Crippen molar-refractivity contribution in [3.8, 4) is 0 Å². The minimum atomic E-state index is -0.417. The van der Waals surface area contributed by atoms with Gasteiger partial charge in [-0.1, -0.05) is 24.3 Å². The van der Waals surface area contributed by atoms with Gasteiger partial charge in [-0.25, -0.2) is 0 Å². The summed E-state index contributed by atoms with van der Waals surface area (Å²) in [5, 5.41) is 22.0. The lowest BCUT2D eigenvalue weighted by Crippen LogP contribution is -2.23. The van der Waals surface area contributed by atoms with Crippen molar-refractivity contribution in [3.05, 3.63) is 79.9 Å². The molecule has 7 heteroatoms. The first kappa shape index (κ1) is 18.9. The van der Waals surface area contributed by atoms with Gasteiger partial charge in [0.1, 0.15) is 0 Å². The number of thioether (sulfide) groups is 1. The first-order valence-corrected chi connectivity index (χ1v) is 8.54. The highest BCUT2D eigenvalue weighted by atomic mass is 32.2. The topological polar surface area (TPSA) is 86.3 Å². The van der Waals surface area contributed by atoms with E-state index in [9.17, 15) is 20.2 Å².